The van der Waals surface area contributed by atoms with Crippen LogP contribution in [0.2, 0.25) is 0 Å². The molecule has 0 fully saturated rings. The summed E-state index contributed by atoms with van der Waals surface area (Å²) in [4.78, 5) is 22.0. The summed E-state index contributed by atoms with van der Waals surface area (Å²) >= 11 is 0. The average Bonchev–Trinajstić information content (AvgIpc) is 2.21. The van der Waals surface area contributed by atoms with E-state index in [-0.39, 0.29) is 23.7 Å². The molecule has 0 bridgehead atoms. The number of rotatable bonds is 8. The van der Waals surface area contributed by atoms with Crippen LogP contribution in [-0.4, -0.2) is 36.7 Å². The van der Waals surface area contributed by atoms with Gasteiger partial charge in [-0.25, -0.2) is 0 Å². The van der Waals surface area contributed by atoms with E-state index in [9.17, 15) is 9.59 Å². The Kier molecular flexibility index (Phi) is 7.17. The van der Waals surface area contributed by atoms with Crippen LogP contribution in [0, 0.1) is 5.92 Å². The topological polar surface area (TPSA) is 58.2 Å². The molecule has 94 valence electrons. The highest BCUT2D eigenvalue weighted by molar-refractivity contribution is 5.81. The first-order valence-electron chi connectivity index (χ1n) is 5.82. The number of carbonyl (C=O) groups excluding carboxylic acids is 2. The third kappa shape index (κ3) is 6.69. The summed E-state index contributed by atoms with van der Waals surface area (Å²) in [6.45, 7) is 10.5. The zero-order valence-corrected chi connectivity index (χ0v) is 11.0. The fourth-order valence-electron chi connectivity index (χ4n) is 1.12. The first-order valence-corrected chi connectivity index (χ1v) is 5.82. The molecule has 0 rings (SSSR count). The van der Waals surface area contributed by atoms with Gasteiger partial charge < -0.3 is 10.6 Å². The number of hydrogen-bond donors (Lipinski definition) is 2. The van der Waals surface area contributed by atoms with Crippen LogP contribution >= 0.6 is 0 Å². The van der Waals surface area contributed by atoms with E-state index in [1.54, 1.807) is 13.8 Å². The Morgan fingerprint density at radius 1 is 0.875 bits per heavy atom. The van der Waals surface area contributed by atoms with Gasteiger partial charge in [-0.05, 0) is 46.7 Å². The van der Waals surface area contributed by atoms with Gasteiger partial charge in [-0.15, -0.1) is 0 Å². The van der Waals surface area contributed by atoms with Crippen molar-refractivity contribution in [3.63, 3.8) is 0 Å². The van der Waals surface area contributed by atoms with Crippen molar-refractivity contribution < 1.29 is 9.59 Å². The van der Waals surface area contributed by atoms with Gasteiger partial charge in [-0.1, -0.05) is 6.92 Å². The van der Waals surface area contributed by atoms with Crippen LogP contribution in [0.25, 0.3) is 0 Å². The van der Waals surface area contributed by atoms with E-state index in [1.165, 1.54) is 0 Å². The Bertz CT molecular complexity index is 217. The SMILES string of the molecule is CC(=O)C(C)NCC(C)CNC(C)C(C)=O. The molecule has 0 aliphatic heterocycles. The molecule has 0 aromatic heterocycles. The van der Waals surface area contributed by atoms with E-state index in [0.717, 1.165) is 13.1 Å². The minimum Gasteiger partial charge on any atom is -0.307 e. The van der Waals surface area contributed by atoms with E-state index in [1.807, 2.05) is 13.8 Å². The number of hydrogen-bond acceptors (Lipinski definition) is 4. The monoisotopic (exact) mass is 228 g/mol. The van der Waals surface area contributed by atoms with Crippen LogP contribution in [0.3, 0.4) is 0 Å². The molecule has 0 spiro atoms. The molecule has 0 aliphatic rings. The van der Waals surface area contributed by atoms with E-state index >= 15 is 0 Å². The molecule has 4 nitrogen and oxygen atoms in total. The normalized spacial score (nSPS) is 16.6. The summed E-state index contributed by atoms with van der Waals surface area (Å²) in [5, 5.41) is 6.32. The van der Waals surface area contributed by atoms with Crippen molar-refractivity contribution in [1.82, 2.24) is 10.6 Å². The van der Waals surface area contributed by atoms with Gasteiger partial charge in [-0.3, -0.25) is 9.59 Å². The molecule has 0 saturated carbocycles. The molecule has 0 amide bonds. The first kappa shape index (κ1) is 15.3. The molecule has 0 radical (unpaired) electrons. The first-order chi connectivity index (χ1) is 7.34. The lowest BCUT2D eigenvalue weighted by Crippen LogP contribution is -2.41. The van der Waals surface area contributed by atoms with Gasteiger partial charge in [0.2, 0.25) is 0 Å². The van der Waals surface area contributed by atoms with E-state index in [0.29, 0.717) is 5.92 Å². The number of Topliss-reactive ketones (excluding diaryl/α,β-unsaturated/α-hetero) is 2. The lowest BCUT2D eigenvalue weighted by molar-refractivity contribution is -0.119. The molecule has 4 heteroatoms. The van der Waals surface area contributed by atoms with Crippen LogP contribution in [0.5, 0.6) is 0 Å². The van der Waals surface area contributed by atoms with Crippen LogP contribution in [0.15, 0.2) is 0 Å². The van der Waals surface area contributed by atoms with Crippen molar-refractivity contribution >= 4 is 11.6 Å². The van der Waals surface area contributed by atoms with Crippen LogP contribution in [0.1, 0.15) is 34.6 Å². The summed E-state index contributed by atoms with van der Waals surface area (Å²) in [6, 6.07) is -0.180. The lowest BCUT2D eigenvalue weighted by Gasteiger charge is -2.18. The largest absolute Gasteiger partial charge is 0.307 e. The summed E-state index contributed by atoms with van der Waals surface area (Å²) < 4.78 is 0. The molecule has 0 aliphatic carbocycles. The molecule has 0 heterocycles. The Labute approximate surface area is 98.2 Å². The van der Waals surface area contributed by atoms with Crippen molar-refractivity contribution in [2.24, 2.45) is 5.92 Å². The van der Waals surface area contributed by atoms with Gasteiger partial charge >= 0.3 is 0 Å². The second-order valence-corrected chi connectivity index (χ2v) is 4.59. The average molecular weight is 228 g/mol. The van der Waals surface area contributed by atoms with Crippen LogP contribution in [0.4, 0.5) is 0 Å². The quantitative estimate of drug-likeness (QED) is 0.644. The highest BCUT2D eigenvalue weighted by atomic mass is 16.1. The Hall–Kier alpha value is -0.740. The molecule has 2 unspecified atom stereocenters. The fraction of sp³-hybridized carbons (Fsp3) is 0.833. The van der Waals surface area contributed by atoms with E-state index < -0.39 is 0 Å². The van der Waals surface area contributed by atoms with Crippen molar-refractivity contribution in [2.45, 2.75) is 46.7 Å². The second kappa shape index (κ2) is 7.52. The molecule has 16 heavy (non-hydrogen) atoms. The molecule has 0 aromatic rings. The Balaban J connectivity index is 3.70. The minimum absolute atomic E-state index is 0.0901. The Morgan fingerprint density at radius 2 is 1.19 bits per heavy atom. The van der Waals surface area contributed by atoms with Crippen molar-refractivity contribution in [2.75, 3.05) is 13.1 Å². The molecule has 2 N–H and O–H groups in total. The Morgan fingerprint density at radius 3 is 1.44 bits per heavy atom. The fourth-order valence-corrected chi connectivity index (χ4v) is 1.12. The number of carbonyl (C=O) groups is 2. The predicted octanol–water partition coefficient (Wildman–Crippen LogP) is 0.757. The summed E-state index contributed by atoms with van der Waals surface area (Å²) in [7, 11) is 0. The molecule has 0 saturated heterocycles. The van der Waals surface area contributed by atoms with Crippen molar-refractivity contribution in [1.29, 1.82) is 0 Å². The summed E-state index contributed by atoms with van der Waals surface area (Å²) in [6.07, 6.45) is 0. The molecular formula is C12H24N2O2. The van der Waals surface area contributed by atoms with Crippen LogP contribution in [-0.2, 0) is 9.59 Å². The van der Waals surface area contributed by atoms with Gasteiger partial charge in [-0.2, -0.15) is 0 Å². The molecule has 2 atom stereocenters. The van der Waals surface area contributed by atoms with Gasteiger partial charge in [0.05, 0.1) is 12.1 Å². The lowest BCUT2D eigenvalue weighted by atomic mass is 10.1. The molecular weight excluding hydrogens is 204 g/mol. The van der Waals surface area contributed by atoms with E-state index in [2.05, 4.69) is 17.6 Å². The third-order valence-electron chi connectivity index (χ3n) is 2.76. The number of nitrogens with one attached hydrogen (secondary N) is 2. The third-order valence-corrected chi connectivity index (χ3v) is 2.76. The van der Waals surface area contributed by atoms with E-state index in [4.69, 9.17) is 0 Å². The molecule has 0 aromatic carbocycles. The van der Waals surface area contributed by atoms with Crippen LogP contribution < -0.4 is 10.6 Å². The zero-order valence-electron chi connectivity index (χ0n) is 11.0. The standard InChI is InChI=1S/C12H24N2O2/c1-8(6-13-9(2)11(4)15)7-14-10(3)12(5)16/h8-10,13-14H,6-7H2,1-5H3. The summed E-state index contributed by atoms with van der Waals surface area (Å²) in [5.41, 5.74) is 0. The zero-order chi connectivity index (χ0) is 12.7. The van der Waals surface area contributed by atoms with Gasteiger partial charge in [0.1, 0.15) is 11.6 Å². The maximum absolute atomic E-state index is 11.0. The van der Waals surface area contributed by atoms with Gasteiger partial charge in [0.15, 0.2) is 0 Å². The smallest absolute Gasteiger partial charge is 0.146 e. The highest BCUT2D eigenvalue weighted by Gasteiger charge is 2.11. The number of ketones is 2. The van der Waals surface area contributed by atoms with Gasteiger partial charge in [0.25, 0.3) is 0 Å². The predicted molar refractivity (Wildman–Crippen MR) is 65.5 cm³/mol. The maximum atomic E-state index is 11.0. The minimum atomic E-state index is -0.0901. The van der Waals surface area contributed by atoms with Crippen molar-refractivity contribution in [3.05, 3.63) is 0 Å². The van der Waals surface area contributed by atoms with Gasteiger partial charge in [0, 0.05) is 0 Å². The van der Waals surface area contributed by atoms with Crippen molar-refractivity contribution in [3.8, 4) is 0 Å². The maximum Gasteiger partial charge on any atom is 0.146 e. The second-order valence-electron chi connectivity index (χ2n) is 4.59. The summed E-state index contributed by atoms with van der Waals surface area (Å²) in [5.74, 6) is 0.693. The highest BCUT2D eigenvalue weighted by Crippen LogP contribution is 1.94.